The van der Waals surface area contributed by atoms with Crippen LogP contribution in [0.1, 0.15) is 35.1 Å². The lowest BCUT2D eigenvalue weighted by Gasteiger charge is -2.11. The van der Waals surface area contributed by atoms with Gasteiger partial charge >= 0.3 is 0 Å². The molecule has 4 aromatic heterocycles. The van der Waals surface area contributed by atoms with Gasteiger partial charge in [-0.15, -0.1) is 11.8 Å². The number of benzene rings is 4. The van der Waals surface area contributed by atoms with E-state index in [2.05, 4.69) is 48.6 Å². The molecule has 2 aliphatic heterocycles. The first-order chi connectivity index (χ1) is 32.5. The lowest BCUT2D eigenvalue weighted by atomic mass is 10.1. The van der Waals surface area contributed by atoms with E-state index in [1.54, 1.807) is 58.9 Å². The van der Waals surface area contributed by atoms with Gasteiger partial charge in [0.1, 0.15) is 21.7 Å². The molecule has 4 N–H and O–H groups in total. The predicted octanol–water partition coefficient (Wildman–Crippen LogP) is 8.71. The zero-order valence-electron chi connectivity index (χ0n) is 35.0. The molecular formula is C48H36Cl2N10O5S2. The van der Waals surface area contributed by atoms with Crippen molar-refractivity contribution in [3.8, 4) is 0 Å². The first kappa shape index (κ1) is 44.7. The fourth-order valence-electron chi connectivity index (χ4n) is 7.08. The number of rotatable bonds is 12. The zero-order chi connectivity index (χ0) is 46.4. The quantitative estimate of drug-likeness (QED) is 0.0395. The van der Waals surface area contributed by atoms with Gasteiger partial charge in [0.15, 0.2) is 11.3 Å². The van der Waals surface area contributed by atoms with Gasteiger partial charge in [-0.1, -0.05) is 96.0 Å². The van der Waals surface area contributed by atoms with E-state index in [1.165, 1.54) is 16.3 Å². The standard InChI is InChI=1S/C24H18ClN5O3S.C24H18ClN5O2S/c25-18-7-4-8-19(11-18)27-20-12-22(34(33)14-15-5-2-1-3-6-15)30-23(28-20)17(13-26-30)9-16-10-21(31)29-24(16)32;25-18-7-4-8-19(11-18)27-20-12-22(33-14-15-5-2-1-3-6-15)30-23(28-20)17(13-26-30)9-16-10-21(31)29-24(16)32/h1-9,11-13H,10,14H2,(H,27,28)(H,29,31,32);1-9,11-13H,10,14H2,(H,27,28)(H,29,31,32)/b2*16-9+. The third-order valence-electron chi connectivity index (χ3n) is 10.2. The third-order valence-corrected chi connectivity index (χ3v) is 13.1. The maximum atomic E-state index is 13.4. The minimum atomic E-state index is -1.44. The average molecular weight is 968 g/mol. The molecule has 0 bridgehead atoms. The second-order valence-corrected chi connectivity index (χ2v) is 18.4. The molecule has 0 spiro atoms. The summed E-state index contributed by atoms with van der Waals surface area (Å²) in [5.41, 5.74) is 6.52. The monoisotopic (exact) mass is 966 g/mol. The van der Waals surface area contributed by atoms with Gasteiger partial charge in [-0.05, 0) is 59.7 Å². The van der Waals surface area contributed by atoms with Crippen molar-refractivity contribution in [2.75, 3.05) is 10.6 Å². The Bertz CT molecular complexity index is 3320. The van der Waals surface area contributed by atoms with Crippen molar-refractivity contribution < 1.29 is 23.4 Å². The first-order valence-corrected chi connectivity index (χ1v) is 23.6. The highest BCUT2D eigenvalue weighted by Gasteiger charge is 2.26. The summed E-state index contributed by atoms with van der Waals surface area (Å²) in [6, 6.07) is 37.8. The molecule has 1 atom stereocenters. The second-order valence-electron chi connectivity index (χ2n) is 15.1. The molecule has 67 heavy (non-hydrogen) atoms. The number of amides is 4. The average Bonchev–Trinajstić information content (AvgIpc) is 4.08. The summed E-state index contributed by atoms with van der Waals surface area (Å²) in [6.45, 7) is 0. The van der Waals surface area contributed by atoms with Crippen molar-refractivity contribution in [3.63, 3.8) is 0 Å². The van der Waals surface area contributed by atoms with Gasteiger partial charge in [-0.3, -0.25) is 34.0 Å². The maximum absolute atomic E-state index is 13.4. The summed E-state index contributed by atoms with van der Waals surface area (Å²) in [5, 5.41) is 22.4. The molecule has 2 saturated heterocycles. The number of hydrogen-bond acceptors (Lipinski definition) is 12. The molecule has 2 aliphatic rings. The number of carbonyl (C=O) groups is 4. The highest BCUT2D eigenvalue weighted by molar-refractivity contribution is 7.98. The summed E-state index contributed by atoms with van der Waals surface area (Å²) in [4.78, 5) is 56.6. The minimum absolute atomic E-state index is 0.0105. The van der Waals surface area contributed by atoms with E-state index in [9.17, 15) is 23.4 Å². The second kappa shape index (κ2) is 20.0. The molecule has 4 amide bonds. The Hall–Kier alpha value is -7.44. The Kier molecular flexibility index (Phi) is 13.3. The molecule has 0 saturated carbocycles. The molecular weight excluding hydrogens is 932 g/mol. The maximum Gasteiger partial charge on any atom is 0.254 e. The molecule has 2 fully saturated rings. The van der Waals surface area contributed by atoms with Crippen molar-refractivity contribution in [2.45, 2.75) is 34.4 Å². The number of carbonyl (C=O) groups excluding carboxylic acids is 4. The molecule has 6 heterocycles. The van der Waals surface area contributed by atoms with Crippen LogP contribution in [0.4, 0.5) is 23.0 Å². The van der Waals surface area contributed by atoms with Crippen LogP contribution in [-0.2, 0) is 41.5 Å². The Morgan fingerprint density at radius 2 is 1.13 bits per heavy atom. The van der Waals surface area contributed by atoms with E-state index >= 15 is 0 Å². The van der Waals surface area contributed by atoms with Crippen LogP contribution in [0.2, 0.25) is 10.0 Å². The van der Waals surface area contributed by atoms with Crippen LogP contribution in [-0.4, -0.2) is 57.0 Å². The molecule has 0 radical (unpaired) electrons. The van der Waals surface area contributed by atoms with Gasteiger partial charge in [-0.2, -0.15) is 10.2 Å². The van der Waals surface area contributed by atoms with Gasteiger partial charge in [0, 0.05) is 61.6 Å². The zero-order valence-corrected chi connectivity index (χ0v) is 38.1. The van der Waals surface area contributed by atoms with Crippen LogP contribution >= 0.6 is 35.0 Å². The van der Waals surface area contributed by atoms with Crippen molar-refractivity contribution in [1.29, 1.82) is 0 Å². The van der Waals surface area contributed by atoms with E-state index in [4.69, 9.17) is 28.2 Å². The number of halogens is 2. The fourth-order valence-corrected chi connectivity index (χ4v) is 9.63. The predicted molar refractivity (Wildman–Crippen MR) is 259 cm³/mol. The van der Waals surface area contributed by atoms with Gasteiger partial charge < -0.3 is 10.6 Å². The fraction of sp³-hybridized carbons (Fsp3) is 0.0833. The Labute approximate surface area is 399 Å². The summed E-state index contributed by atoms with van der Waals surface area (Å²) < 4.78 is 16.6. The normalized spacial score (nSPS) is 15.2. The number of hydrogen-bond donors (Lipinski definition) is 4. The minimum Gasteiger partial charge on any atom is -0.340 e. The highest BCUT2D eigenvalue weighted by Crippen LogP contribution is 2.30. The number of nitrogens with one attached hydrogen (secondary N) is 4. The van der Waals surface area contributed by atoms with E-state index in [1.807, 2.05) is 84.9 Å². The number of imide groups is 2. The SMILES string of the molecule is O=C1C/C(=C\c2cnn3c(S(=O)Cc4ccccc4)cc(Nc4cccc(Cl)c4)nc23)C(=O)N1.O=C1C/C(=C\c2cnn3c(SCc4ccccc4)cc(Nc4cccc(Cl)c4)nc23)C(=O)N1. The Morgan fingerprint density at radius 1 is 0.627 bits per heavy atom. The summed E-state index contributed by atoms with van der Waals surface area (Å²) in [7, 11) is -1.44. The van der Waals surface area contributed by atoms with Crippen LogP contribution in [0.3, 0.4) is 0 Å². The number of thioether (sulfide) groups is 1. The topological polar surface area (TPSA) is 194 Å². The number of anilines is 4. The largest absolute Gasteiger partial charge is 0.340 e. The van der Waals surface area contributed by atoms with Crippen molar-refractivity contribution in [2.24, 2.45) is 0 Å². The molecule has 4 aromatic carbocycles. The van der Waals surface area contributed by atoms with E-state index < -0.39 is 16.7 Å². The van der Waals surface area contributed by atoms with Gasteiger partial charge in [0.05, 0.1) is 41.8 Å². The van der Waals surface area contributed by atoms with Crippen molar-refractivity contribution >= 4 is 116 Å². The van der Waals surface area contributed by atoms with Gasteiger partial charge in [0.2, 0.25) is 11.8 Å². The Balaban J connectivity index is 0.000000168. The molecule has 10 rings (SSSR count). The molecule has 15 nitrogen and oxygen atoms in total. The molecule has 19 heteroatoms. The van der Waals surface area contributed by atoms with Crippen LogP contribution < -0.4 is 21.3 Å². The summed E-state index contributed by atoms with van der Waals surface area (Å²) in [6.07, 6.45) is 6.49. The molecule has 334 valence electrons. The number of aromatic nitrogens is 6. The molecule has 1 unspecified atom stereocenters. The Morgan fingerprint density at radius 3 is 1.66 bits per heavy atom. The van der Waals surface area contributed by atoms with E-state index in [-0.39, 0.29) is 30.6 Å². The first-order valence-electron chi connectivity index (χ1n) is 20.5. The van der Waals surface area contributed by atoms with Gasteiger partial charge in [0.25, 0.3) is 11.8 Å². The lowest BCUT2D eigenvalue weighted by Crippen LogP contribution is -2.19. The van der Waals surface area contributed by atoms with Crippen molar-refractivity contribution in [3.05, 3.63) is 177 Å². The van der Waals surface area contributed by atoms with Gasteiger partial charge in [-0.25, -0.2) is 19.0 Å². The van der Waals surface area contributed by atoms with E-state index in [0.717, 1.165) is 22.0 Å². The van der Waals surface area contributed by atoms with E-state index in [0.29, 0.717) is 71.7 Å². The van der Waals surface area contributed by atoms with Crippen molar-refractivity contribution in [1.82, 2.24) is 39.8 Å². The third kappa shape index (κ3) is 10.8. The summed E-state index contributed by atoms with van der Waals surface area (Å²) in [5.74, 6) is 0.627. The number of nitrogens with zero attached hydrogens (tertiary/aromatic N) is 6. The molecule has 0 aliphatic carbocycles. The van der Waals surface area contributed by atoms with Crippen LogP contribution in [0.25, 0.3) is 23.4 Å². The highest BCUT2D eigenvalue weighted by atomic mass is 35.5. The smallest absolute Gasteiger partial charge is 0.254 e. The molecule has 8 aromatic rings. The van der Waals surface area contributed by atoms with Crippen LogP contribution in [0.5, 0.6) is 0 Å². The summed E-state index contributed by atoms with van der Waals surface area (Å²) >= 11 is 13.9. The lowest BCUT2D eigenvalue weighted by molar-refractivity contribution is -0.125. The van der Waals surface area contributed by atoms with Crippen LogP contribution in [0.15, 0.2) is 155 Å². The number of fused-ring (bicyclic) bond motifs is 2. The van der Waals surface area contributed by atoms with Crippen LogP contribution in [0, 0.1) is 0 Å².